The van der Waals surface area contributed by atoms with Gasteiger partial charge in [-0.2, -0.15) is 4.31 Å². The van der Waals surface area contributed by atoms with E-state index in [1.165, 1.54) is 10.4 Å². The summed E-state index contributed by atoms with van der Waals surface area (Å²) in [5.74, 6) is -0.855. The number of rotatable bonds is 9. The van der Waals surface area contributed by atoms with Gasteiger partial charge in [-0.15, -0.1) is 0 Å². The summed E-state index contributed by atoms with van der Waals surface area (Å²) in [6, 6.07) is 13.6. The predicted octanol–water partition coefficient (Wildman–Crippen LogP) is 3.93. The molecule has 3 rings (SSSR count). The van der Waals surface area contributed by atoms with E-state index in [1.807, 2.05) is 12.1 Å². The van der Waals surface area contributed by atoms with E-state index in [2.05, 4.69) is 12.2 Å². The van der Waals surface area contributed by atoms with Gasteiger partial charge >= 0.3 is 0 Å². The van der Waals surface area contributed by atoms with Crippen molar-refractivity contribution >= 4 is 15.9 Å². The van der Waals surface area contributed by atoms with Gasteiger partial charge < -0.3 is 5.32 Å². The highest BCUT2D eigenvalue weighted by molar-refractivity contribution is 7.89. The number of aryl methyl sites for hydroxylation is 1. The highest BCUT2D eigenvalue weighted by atomic mass is 32.2. The molecule has 1 N–H and O–H groups in total. The van der Waals surface area contributed by atoms with Gasteiger partial charge in [0, 0.05) is 19.6 Å². The van der Waals surface area contributed by atoms with Crippen molar-refractivity contribution < 1.29 is 17.6 Å². The fraction of sp³-hybridized carbons (Fsp3) is 0.458. The normalized spacial score (nSPS) is 17.4. The average Bonchev–Trinajstić information content (AvgIpc) is 2.79. The Kier molecular flexibility index (Phi) is 8.21. The number of sulfonamides is 1. The molecule has 0 saturated carbocycles. The highest BCUT2D eigenvalue weighted by Crippen LogP contribution is 2.24. The monoisotopic (exact) mass is 446 g/mol. The van der Waals surface area contributed by atoms with Crippen LogP contribution in [0.3, 0.4) is 0 Å². The maximum absolute atomic E-state index is 13.7. The van der Waals surface area contributed by atoms with E-state index in [9.17, 15) is 17.6 Å². The summed E-state index contributed by atoms with van der Waals surface area (Å²) in [7, 11) is -3.63. The summed E-state index contributed by atoms with van der Waals surface area (Å²) >= 11 is 0. The minimum Gasteiger partial charge on any atom is -0.355 e. The minimum absolute atomic E-state index is 0.172. The molecule has 1 aliphatic rings. The van der Waals surface area contributed by atoms with Crippen molar-refractivity contribution in [2.45, 2.75) is 50.3 Å². The molecule has 0 bridgehead atoms. The van der Waals surface area contributed by atoms with Gasteiger partial charge in [0.05, 0.1) is 10.8 Å². The molecule has 1 unspecified atom stereocenters. The predicted molar refractivity (Wildman–Crippen MR) is 120 cm³/mol. The number of nitrogens with one attached hydrogen (secondary N) is 1. The van der Waals surface area contributed by atoms with Crippen molar-refractivity contribution in [3.8, 4) is 0 Å². The lowest BCUT2D eigenvalue weighted by Crippen LogP contribution is -2.45. The van der Waals surface area contributed by atoms with Gasteiger partial charge in [-0.05, 0) is 61.4 Å². The van der Waals surface area contributed by atoms with E-state index in [4.69, 9.17) is 0 Å². The smallest absolute Gasteiger partial charge is 0.243 e. The Morgan fingerprint density at radius 3 is 2.58 bits per heavy atom. The number of halogens is 1. The van der Waals surface area contributed by atoms with Gasteiger partial charge in [-0.25, -0.2) is 12.8 Å². The SMILES string of the molecule is CCCCc1ccc(S(=O)(=O)N2CCCC(C(=O)NCCc3ccccc3F)C2)cc1. The Balaban J connectivity index is 1.57. The van der Waals surface area contributed by atoms with E-state index in [-0.39, 0.29) is 23.2 Å². The molecule has 0 aromatic heterocycles. The van der Waals surface area contributed by atoms with Crippen molar-refractivity contribution in [3.63, 3.8) is 0 Å². The molecule has 1 fully saturated rings. The van der Waals surface area contributed by atoms with E-state index in [0.29, 0.717) is 37.9 Å². The number of benzene rings is 2. The first kappa shape index (κ1) is 23.4. The molecule has 1 amide bonds. The van der Waals surface area contributed by atoms with Crippen molar-refractivity contribution in [1.82, 2.24) is 9.62 Å². The molecule has 0 spiro atoms. The maximum atomic E-state index is 13.7. The van der Waals surface area contributed by atoms with Crippen LogP contribution in [0.2, 0.25) is 0 Å². The fourth-order valence-electron chi connectivity index (χ4n) is 3.90. The van der Waals surface area contributed by atoms with Gasteiger partial charge in [0.1, 0.15) is 5.82 Å². The van der Waals surface area contributed by atoms with Crippen LogP contribution in [-0.2, 0) is 27.7 Å². The Labute approximate surface area is 184 Å². The Morgan fingerprint density at radius 2 is 1.87 bits per heavy atom. The maximum Gasteiger partial charge on any atom is 0.243 e. The molecule has 0 radical (unpaired) electrons. The van der Waals surface area contributed by atoms with Crippen LogP contribution in [0.4, 0.5) is 4.39 Å². The number of piperidine rings is 1. The van der Waals surface area contributed by atoms with Crippen LogP contribution in [0, 0.1) is 11.7 Å². The molecule has 0 aliphatic carbocycles. The third kappa shape index (κ3) is 6.14. The zero-order chi connectivity index (χ0) is 22.3. The number of hydrogen-bond donors (Lipinski definition) is 1. The lowest BCUT2D eigenvalue weighted by molar-refractivity contribution is -0.126. The second-order valence-corrected chi connectivity index (χ2v) is 10.0. The molecule has 31 heavy (non-hydrogen) atoms. The Hall–Kier alpha value is -2.25. The molecule has 2 aromatic carbocycles. The summed E-state index contributed by atoms with van der Waals surface area (Å²) in [5.41, 5.74) is 1.68. The number of carbonyl (C=O) groups excluding carboxylic acids is 1. The zero-order valence-corrected chi connectivity index (χ0v) is 18.8. The summed E-state index contributed by atoms with van der Waals surface area (Å²) in [6.07, 6.45) is 4.80. The Bertz CT molecular complexity index is 977. The average molecular weight is 447 g/mol. The second kappa shape index (κ2) is 10.9. The number of nitrogens with zero attached hydrogens (tertiary/aromatic N) is 1. The third-order valence-corrected chi connectivity index (χ3v) is 7.67. The van der Waals surface area contributed by atoms with Crippen molar-refractivity contribution in [2.75, 3.05) is 19.6 Å². The van der Waals surface area contributed by atoms with Gasteiger partial charge in [0.2, 0.25) is 15.9 Å². The molecule has 7 heteroatoms. The molecule has 1 aliphatic heterocycles. The molecular weight excluding hydrogens is 415 g/mol. The summed E-state index contributed by atoms with van der Waals surface area (Å²) in [5, 5.41) is 2.84. The molecule has 1 heterocycles. The van der Waals surface area contributed by atoms with Crippen molar-refractivity contribution in [2.24, 2.45) is 5.92 Å². The molecule has 2 aromatic rings. The molecule has 1 atom stereocenters. The molecule has 1 saturated heterocycles. The van der Waals surface area contributed by atoms with Crippen LogP contribution in [-0.4, -0.2) is 38.3 Å². The second-order valence-electron chi connectivity index (χ2n) is 8.08. The third-order valence-electron chi connectivity index (χ3n) is 5.79. The number of amides is 1. The lowest BCUT2D eigenvalue weighted by atomic mass is 9.99. The fourth-order valence-corrected chi connectivity index (χ4v) is 5.42. The number of carbonyl (C=O) groups is 1. The van der Waals surface area contributed by atoms with Crippen LogP contribution in [0.1, 0.15) is 43.7 Å². The standard InChI is InChI=1S/C24H31FN2O3S/c1-2-3-7-19-11-13-22(14-12-19)31(29,30)27-17-6-9-21(18-27)24(28)26-16-15-20-8-4-5-10-23(20)25/h4-5,8,10-14,21H,2-3,6-7,9,15-18H2,1H3,(H,26,28). The van der Waals surface area contributed by atoms with Gasteiger partial charge in [-0.3, -0.25) is 4.79 Å². The van der Waals surface area contributed by atoms with Crippen LogP contribution in [0.5, 0.6) is 0 Å². The summed E-state index contributed by atoms with van der Waals surface area (Å²) < 4.78 is 41.3. The van der Waals surface area contributed by atoms with Crippen LogP contribution < -0.4 is 5.32 Å². The lowest BCUT2D eigenvalue weighted by Gasteiger charge is -2.31. The molecule has 5 nitrogen and oxygen atoms in total. The van der Waals surface area contributed by atoms with Crippen molar-refractivity contribution in [3.05, 3.63) is 65.5 Å². The first-order chi connectivity index (χ1) is 14.9. The van der Waals surface area contributed by atoms with Crippen LogP contribution in [0.15, 0.2) is 53.4 Å². The molecular formula is C24H31FN2O3S. The van der Waals surface area contributed by atoms with Crippen LogP contribution >= 0.6 is 0 Å². The number of hydrogen-bond acceptors (Lipinski definition) is 3. The highest BCUT2D eigenvalue weighted by Gasteiger charge is 2.33. The van der Waals surface area contributed by atoms with Gasteiger partial charge in [-0.1, -0.05) is 43.7 Å². The molecule has 168 valence electrons. The van der Waals surface area contributed by atoms with E-state index in [1.54, 1.807) is 30.3 Å². The van der Waals surface area contributed by atoms with Crippen molar-refractivity contribution in [1.29, 1.82) is 0 Å². The first-order valence-corrected chi connectivity index (χ1v) is 12.5. The Morgan fingerprint density at radius 1 is 1.13 bits per heavy atom. The summed E-state index contributed by atoms with van der Waals surface area (Å²) in [6.45, 7) is 3.04. The summed E-state index contributed by atoms with van der Waals surface area (Å²) in [4.78, 5) is 12.9. The van der Waals surface area contributed by atoms with Gasteiger partial charge in [0.15, 0.2) is 0 Å². The topological polar surface area (TPSA) is 66.5 Å². The quantitative estimate of drug-likeness (QED) is 0.635. The van der Waals surface area contributed by atoms with E-state index >= 15 is 0 Å². The van der Waals surface area contributed by atoms with E-state index < -0.39 is 15.9 Å². The largest absolute Gasteiger partial charge is 0.355 e. The van der Waals surface area contributed by atoms with E-state index in [0.717, 1.165) is 24.8 Å². The number of unbranched alkanes of at least 4 members (excludes halogenated alkanes) is 1. The van der Waals surface area contributed by atoms with Gasteiger partial charge in [0.25, 0.3) is 0 Å². The minimum atomic E-state index is -3.63. The first-order valence-electron chi connectivity index (χ1n) is 11.0. The van der Waals surface area contributed by atoms with Crippen LogP contribution in [0.25, 0.3) is 0 Å². The zero-order valence-electron chi connectivity index (χ0n) is 18.0.